The fraction of sp³-hybridized carbons (Fsp3) is 0.0870. The number of amides is 1. The fourth-order valence-corrected chi connectivity index (χ4v) is 3.00. The Bertz CT molecular complexity index is 1180. The molecule has 0 radical (unpaired) electrons. The van der Waals surface area contributed by atoms with Crippen molar-refractivity contribution in [3.05, 3.63) is 87.7 Å². The summed E-state index contributed by atoms with van der Waals surface area (Å²) in [6.07, 6.45) is -0.365. The standard InChI is InChI=1S/C23H16Cl2FNO5/c24-17-7-3-14(11-18(17)25)23(31)27-15-4-9-21(19(26)12-15)32-16-5-1-13(2-6-16)20(28)8-10-22(29)30/h1-7,9,11-12H,8,10H2,(H,27,31)(H,29,30). The first-order valence-corrected chi connectivity index (χ1v) is 10.1. The van der Waals surface area contributed by atoms with Crippen LogP contribution in [-0.2, 0) is 4.79 Å². The first kappa shape index (κ1) is 23.2. The summed E-state index contributed by atoms with van der Waals surface area (Å²) in [6, 6.07) is 14.2. The molecule has 1 amide bonds. The highest BCUT2D eigenvalue weighted by molar-refractivity contribution is 6.42. The van der Waals surface area contributed by atoms with Gasteiger partial charge in [0.25, 0.3) is 5.91 Å². The van der Waals surface area contributed by atoms with Crippen molar-refractivity contribution < 1.29 is 28.6 Å². The Balaban J connectivity index is 1.65. The summed E-state index contributed by atoms with van der Waals surface area (Å²) in [5.74, 6) is -2.36. The molecule has 3 aromatic carbocycles. The molecule has 0 aromatic heterocycles. The van der Waals surface area contributed by atoms with E-state index in [-0.39, 0.29) is 46.4 Å². The second-order valence-corrected chi connectivity index (χ2v) is 7.49. The molecule has 0 fully saturated rings. The highest BCUT2D eigenvalue weighted by Gasteiger charge is 2.12. The van der Waals surface area contributed by atoms with E-state index in [1.165, 1.54) is 54.6 Å². The number of anilines is 1. The molecule has 6 nitrogen and oxygen atoms in total. The van der Waals surface area contributed by atoms with Crippen molar-refractivity contribution >= 4 is 46.5 Å². The normalized spacial score (nSPS) is 10.5. The van der Waals surface area contributed by atoms with Gasteiger partial charge in [-0.1, -0.05) is 23.2 Å². The molecular weight excluding hydrogens is 460 g/mol. The van der Waals surface area contributed by atoms with Crippen LogP contribution in [0.25, 0.3) is 0 Å². The van der Waals surface area contributed by atoms with Gasteiger partial charge >= 0.3 is 5.97 Å². The summed E-state index contributed by atoms with van der Waals surface area (Å²) in [5.41, 5.74) is 0.808. The number of carboxylic acids is 1. The second kappa shape index (κ2) is 10.3. The van der Waals surface area contributed by atoms with Gasteiger partial charge in [-0.2, -0.15) is 0 Å². The predicted molar refractivity (Wildman–Crippen MR) is 119 cm³/mol. The van der Waals surface area contributed by atoms with Crippen molar-refractivity contribution in [1.82, 2.24) is 0 Å². The van der Waals surface area contributed by atoms with E-state index in [9.17, 15) is 18.8 Å². The second-order valence-electron chi connectivity index (χ2n) is 6.67. The molecule has 0 atom stereocenters. The Kier molecular flexibility index (Phi) is 7.45. The van der Waals surface area contributed by atoms with Crippen molar-refractivity contribution in [3.8, 4) is 11.5 Å². The molecule has 0 spiro atoms. The number of aliphatic carboxylic acids is 1. The number of carboxylic acid groups (broad SMARTS) is 1. The van der Waals surface area contributed by atoms with Crippen LogP contribution in [0.15, 0.2) is 60.7 Å². The topological polar surface area (TPSA) is 92.7 Å². The van der Waals surface area contributed by atoms with Crippen molar-refractivity contribution in [2.75, 3.05) is 5.32 Å². The zero-order valence-corrected chi connectivity index (χ0v) is 17.9. The third-order valence-electron chi connectivity index (χ3n) is 4.34. The number of nitrogens with one attached hydrogen (secondary N) is 1. The Labute approximate surface area is 192 Å². The van der Waals surface area contributed by atoms with E-state index in [0.717, 1.165) is 6.07 Å². The zero-order valence-electron chi connectivity index (χ0n) is 16.4. The molecule has 0 bridgehead atoms. The van der Waals surface area contributed by atoms with Gasteiger partial charge in [0.05, 0.1) is 16.5 Å². The van der Waals surface area contributed by atoms with Crippen LogP contribution >= 0.6 is 23.2 Å². The van der Waals surface area contributed by atoms with E-state index in [1.807, 2.05) is 0 Å². The van der Waals surface area contributed by atoms with Gasteiger partial charge in [-0.15, -0.1) is 0 Å². The van der Waals surface area contributed by atoms with Gasteiger partial charge in [-0.3, -0.25) is 14.4 Å². The fourth-order valence-electron chi connectivity index (χ4n) is 2.70. The SMILES string of the molecule is O=C(O)CCC(=O)c1ccc(Oc2ccc(NC(=O)c3ccc(Cl)c(Cl)c3)cc2F)cc1. The van der Waals surface area contributed by atoms with Gasteiger partial charge in [-0.05, 0) is 54.6 Å². The van der Waals surface area contributed by atoms with Gasteiger partial charge in [0.2, 0.25) is 0 Å². The van der Waals surface area contributed by atoms with Gasteiger partial charge in [0.15, 0.2) is 17.3 Å². The Morgan fingerprint density at radius 2 is 1.56 bits per heavy atom. The maximum absolute atomic E-state index is 14.5. The van der Waals surface area contributed by atoms with Crippen molar-refractivity contribution in [3.63, 3.8) is 0 Å². The van der Waals surface area contributed by atoms with Crippen LogP contribution in [0.1, 0.15) is 33.6 Å². The number of ether oxygens (including phenoxy) is 1. The smallest absolute Gasteiger partial charge is 0.303 e. The molecule has 164 valence electrons. The van der Waals surface area contributed by atoms with E-state index in [1.54, 1.807) is 0 Å². The zero-order chi connectivity index (χ0) is 23.3. The molecule has 9 heteroatoms. The summed E-state index contributed by atoms with van der Waals surface area (Å²) >= 11 is 11.7. The molecule has 0 heterocycles. The summed E-state index contributed by atoms with van der Waals surface area (Å²) in [6.45, 7) is 0. The lowest BCUT2D eigenvalue weighted by Gasteiger charge is -2.10. The van der Waals surface area contributed by atoms with Crippen LogP contribution in [0.5, 0.6) is 11.5 Å². The molecule has 0 saturated carbocycles. The highest BCUT2D eigenvalue weighted by atomic mass is 35.5. The van der Waals surface area contributed by atoms with Crippen LogP contribution in [0.4, 0.5) is 10.1 Å². The van der Waals surface area contributed by atoms with E-state index < -0.39 is 17.7 Å². The maximum Gasteiger partial charge on any atom is 0.303 e. The molecular formula is C23H16Cl2FNO5. The summed E-state index contributed by atoms with van der Waals surface area (Å²) in [7, 11) is 0. The lowest BCUT2D eigenvalue weighted by molar-refractivity contribution is -0.136. The Hall–Kier alpha value is -3.42. The first-order valence-electron chi connectivity index (χ1n) is 9.32. The number of rotatable bonds is 8. The molecule has 3 aromatic rings. The average Bonchev–Trinajstić information content (AvgIpc) is 2.76. The Morgan fingerprint density at radius 3 is 2.19 bits per heavy atom. The quantitative estimate of drug-likeness (QED) is 0.377. The van der Waals surface area contributed by atoms with Gasteiger partial charge in [0, 0.05) is 29.3 Å². The highest BCUT2D eigenvalue weighted by Crippen LogP contribution is 2.28. The number of ketones is 1. The lowest BCUT2D eigenvalue weighted by Crippen LogP contribution is -2.12. The van der Waals surface area contributed by atoms with Gasteiger partial charge in [-0.25, -0.2) is 4.39 Å². The largest absolute Gasteiger partial charge is 0.481 e. The van der Waals surface area contributed by atoms with Crippen LogP contribution in [-0.4, -0.2) is 22.8 Å². The minimum Gasteiger partial charge on any atom is -0.481 e. The molecule has 0 aliphatic rings. The maximum atomic E-state index is 14.5. The molecule has 0 saturated heterocycles. The Morgan fingerprint density at radius 1 is 0.875 bits per heavy atom. The van der Waals surface area contributed by atoms with Crippen molar-refractivity contribution in [2.24, 2.45) is 0 Å². The third-order valence-corrected chi connectivity index (χ3v) is 5.08. The monoisotopic (exact) mass is 475 g/mol. The van der Waals surface area contributed by atoms with E-state index >= 15 is 0 Å². The lowest BCUT2D eigenvalue weighted by atomic mass is 10.1. The number of carbonyl (C=O) groups excluding carboxylic acids is 2. The molecule has 32 heavy (non-hydrogen) atoms. The minimum atomic E-state index is -1.05. The number of Topliss-reactive ketones (excluding diaryl/α,β-unsaturated/α-hetero) is 1. The van der Waals surface area contributed by atoms with Gasteiger partial charge < -0.3 is 15.2 Å². The van der Waals surface area contributed by atoms with Crippen molar-refractivity contribution in [2.45, 2.75) is 12.8 Å². The number of halogens is 3. The van der Waals surface area contributed by atoms with Crippen LogP contribution in [0, 0.1) is 5.82 Å². The van der Waals surface area contributed by atoms with E-state index in [4.69, 9.17) is 33.0 Å². The average molecular weight is 476 g/mol. The molecule has 0 unspecified atom stereocenters. The number of hydrogen-bond donors (Lipinski definition) is 2. The molecule has 3 rings (SSSR count). The molecule has 0 aliphatic carbocycles. The molecule has 2 N–H and O–H groups in total. The first-order chi connectivity index (χ1) is 15.2. The minimum absolute atomic E-state index is 0.0810. The van der Waals surface area contributed by atoms with Crippen LogP contribution < -0.4 is 10.1 Å². The number of carbonyl (C=O) groups is 3. The summed E-state index contributed by atoms with van der Waals surface area (Å²) in [4.78, 5) is 34.8. The number of benzene rings is 3. The third kappa shape index (κ3) is 6.06. The summed E-state index contributed by atoms with van der Waals surface area (Å²) in [5, 5.41) is 11.7. The van der Waals surface area contributed by atoms with Crippen molar-refractivity contribution in [1.29, 1.82) is 0 Å². The predicted octanol–water partition coefficient (Wildman–Crippen LogP) is 6.22. The van der Waals surface area contributed by atoms with E-state index in [0.29, 0.717) is 10.6 Å². The number of hydrogen-bond acceptors (Lipinski definition) is 4. The van der Waals surface area contributed by atoms with Crippen LogP contribution in [0.2, 0.25) is 10.0 Å². The van der Waals surface area contributed by atoms with E-state index in [2.05, 4.69) is 5.32 Å². The van der Waals surface area contributed by atoms with Gasteiger partial charge in [0.1, 0.15) is 5.75 Å². The molecule has 0 aliphatic heterocycles. The summed E-state index contributed by atoms with van der Waals surface area (Å²) < 4.78 is 20.0. The van der Waals surface area contributed by atoms with Crippen LogP contribution in [0.3, 0.4) is 0 Å².